The largest absolute Gasteiger partial charge is 0.480 e. The molecular weight excluding hydrogens is 750 g/mol. The van der Waals surface area contributed by atoms with Gasteiger partial charge in [0, 0.05) is 25.9 Å². The number of carbonyl (C=O) groups excluding carboxylic acids is 4. The van der Waals surface area contributed by atoms with Gasteiger partial charge in [0.1, 0.15) is 24.9 Å². The lowest BCUT2D eigenvalue weighted by molar-refractivity contribution is -0.192. The van der Waals surface area contributed by atoms with Crippen LogP contribution < -0.4 is 21.3 Å². The van der Waals surface area contributed by atoms with Gasteiger partial charge in [0.25, 0.3) is 11.8 Å². The second-order valence-corrected chi connectivity index (χ2v) is 10.7. The number of aliphatic carboxylic acids is 2. The minimum Gasteiger partial charge on any atom is -0.480 e. The number of nitrogens with one attached hydrogen (secondary N) is 4. The summed E-state index contributed by atoms with van der Waals surface area (Å²) >= 11 is 0. The second-order valence-electron chi connectivity index (χ2n) is 10.7. The minimum absolute atomic E-state index is 0.00377. The van der Waals surface area contributed by atoms with Crippen LogP contribution in [0, 0.1) is 0 Å². The van der Waals surface area contributed by atoms with Crippen LogP contribution in [-0.4, -0.2) is 109 Å². The third-order valence-electron chi connectivity index (χ3n) is 6.07. The Balaban J connectivity index is 4.27. The van der Waals surface area contributed by atoms with E-state index < -0.39 is 111 Å². The second kappa shape index (κ2) is 22.3. The van der Waals surface area contributed by atoms with E-state index in [0.29, 0.717) is 0 Å². The SMILES string of the molecule is O=C(NCCCCC(NC(=O)OOC(=O)NCCCCC(NC(=O)OCCC(F)(F)CC(F)(F)F)C(=O)O)C(=O)O)OCCC(F)(F)CC(F)(F)F. The molecule has 6 N–H and O–H groups in total. The topological polar surface area (TPSA) is 228 Å². The van der Waals surface area contributed by atoms with E-state index in [9.17, 15) is 82.9 Å². The smallest absolute Gasteiger partial charge is 0.451 e. The summed E-state index contributed by atoms with van der Waals surface area (Å²) in [5.74, 6) is -11.5. The molecule has 4 amide bonds. The van der Waals surface area contributed by atoms with Crippen molar-refractivity contribution in [3.63, 3.8) is 0 Å². The molecule has 0 saturated carbocycles. The number of hydrogen-bond acceptors (Lipinski definition) is 10. The molecule has 0 aliphatic rings. The average Bonchev–Trinajstić information content (AvgIpc) is 2.95. The zero-order chi connectivity index (χ0) is 40.2. The average molecular weight is 787 g/mol. The number of amides is 4. The molecule has 0 aliphatic heterocycles. The highest BCUT2D eigenvalue weighted by molar-refractivity contribution is 5.80. The van der Waals surface area contributed by atoms with Gasteiger partial charge in [-0.1, -0.05) is 0 Å². The third kappa shape index (κ3) is 26.2. The first-order chi connectivity index (χ1) is 23.8. The van der Waals surface area contributed by atoms with E-state index in [1.165, 1.54) is 0 Å². The summed E-state index contributed by atoms with van der Waals surface area (Å²) in [6, 6.07) is -3.18. The molecule has 0 fully saturated rings. The number of carbonyl (C=O) groups is 6. The molecule has 0 rings (SSSR count). The summed E-state index contributed by atoms with van der Waals surface area (Å²) in [6.45, 7) is -2.52. The molecule has 0 aliphatic carbocycles. The lowest BCUT2D eigenvalue weighted by atomic mass is 10.1. The van der Waals surface area contributed by atoms with Gasteiger partial charge in [0.05, 0.1) is 13.2 Å². The Morgan fingerprint density at radius 1 is 0.519 bits per heavy atom. The van der Waals surface area contributed by atoms with Crippen LogP contribution in [0.4, 0.5) is 63.1 Å². The van der Waals surface area contributed by atoms with Crippen molar-refractivity contribution in [3.8, 4) is 0 Å². The van der Waals surface area contributed by atoms with E-state index in [1.807, 2.05) is 10.6 Å². The van der Waals surface area contributed by atoms with Crippen molar-refractivity contribution in [1.82, 2.24) is 21.3 Å². The molecule has 2 unspecified atom stereocenters. The number of alkyl halides is 10. The Hall–Kier alpha value is -4.68. The molecular formula is C26H36F10N4O12. The maximum atomic E-state index is 13.2. The molecule has 0 bridgehead atoms. The normalized spacial score (nSPS) is 13.2. The van der Waals surface area contributed by atoms with Gasteiger partial charge in [-0.15, -0.1) is 0 Å². The summed E-state index contributed by atoms with van der Waals surface area (Å²) < 4.78 is 134. The van der Waals surface area contributed by atoms with Crippen LogP contribution in [0.1, 0.15) is 64.2 Å². The summed E-state index contributed by atoms with van der Waals surface area (Å²) in [4.78, 5) is 77.5. The van der Waals surface area contributed by atoms with Crippen LogP contribution in [0.25, 0.3) is 0 Å². The summed E-state index contributed by atoms with van der Waals surface area (Å²) in [6.07, 6.45) is -23.9. The molecule has 0 aromatic rings. The summed E-state index contributed by atoms with van der Waals surface area (Å²) in [5, 5.41) is 26.3. The first kappa shape index (κ1) is 47.3. The van der Waals surface area contributed by atoms with Gasteiger partial charge >= 0.3 is 48.7 Å². The monoisotopic (exact) mass is 786 g/mol. The van der Waals surface area contributed by atoms with Crippen molar-refractivity contribution < 1.29 is 102 Å². The zero-order valence-corrected chi connectivity index (χ0v) is 26.8. The molecule has 0 spiro atoms. The van der Waals surface area contributed by atoms with Crippen molar-refractivity contribution in [2.75, 3.05) is 26.3 Å². The Bertz CT molecular complexity index is 1180. The Labute approximate surface area is 287 Å². The van der Waals surface area contributed by atoms with Crippen LogP contribution in [0.3, 0.4) is 0 Å². The van der Waals surface area contributed by atoms with Crippen LogP contribution >= 0.6 is 0 Å². The number of unbranched alkanes of at least 4 members (excludes halogenated alkanes) is 2. The molecule has 16 nitrogen and oxygen atoms in total. The predicted octanol–water partition coefficient (Wildman–Crippen LogP) is 5.01. The molecule has 0 saturated heterocycles. The highest BCUT2D eigenvalue weighted by Crippen LogP contribution is 2.34. The van der Waals surface area contributed by atoms with E-state index in [-0.39, 0.29) is 51.6 Å². The molecule has 2 atom stereocenters. The van der Waals surface area contributed by atoms with Crippen LogP contribution in [0.5, 0.6) is 0 Å². The standard InChI is InChI=1S/C26H36F10N4O12/c27-23(28,13-25(31,32)33)7-11-49-19(45)37-9-3-1-6-16(18(43)44)40-22(48)52-51-20(46)38-10-4-2-5-15(17(41)42)39-21(47)50-12-8-24(29,30)14-26(34,35)36/h15-16H,1-14H2,(H,37,45)(H,38,46)(H,39,47)(H,40,48)(H,41,42)(H,43,44). The lowest BCUT2D eigenvalue weighted by Crippen LogP contribution is -2.42. The summed E-state index contributed by atoms with van der Waals surface area (Å²) in [7, 11) is 0. The van der Waals surface area contributed by atoms with E-state index in [4.69, 9.17) is 0 Å². The van der Waals surface area contributed by atoms with Gasteiger partial charge in [-0.3, -0.25) is 0 Å². The van der Waals surface area contributed by atoms with Gasteiger partial charge in [-0.25, -0.2) is 56.1 Å². The van der Waals surface area contributed by atoms with E-state index >= 15 is 0 Å². The fraction of sp³-hybridized carbons (Fsp3) is 0.769. The number of hydrogen-bond donors (Lipinski definition) is 6. The van der Waals surface area contributed by atoms with Gasteiger partial charge in [-0.2, -0.15) is 26.3 Å². The van der Waals surface area contributed by atoms with Crippen molar-refractivity contribution in [2.24, 2.45) is 0 Å². The van der Waals surface area contributed by atoms with Crippen LogP contribution in [0.15, 0.2) is 0 Å². The molecule has 0 aromatic carbocycles. The first-order valence-corrected chi connectivity index (χ1v) is 14.9. The molecule has 0 heterocycles. The maximum absolute atomic E-state index is 13.2. The van der Waals surface area contributed by atoms with Gasteiger partial charge < -0.3 is 41.0 Å². The molecule has 302 valence electrons. The number of carboxylic acids is 2. The maximum Gasteiger partial charge on any atom is 0.451 e. The fourth-order valence-electron chi connectivity index (χ4n) is 3.70. The molecule has 52 heavy (non-hydrogen) atoms. The summed E-state index contributed by atoms with van der Waals surface area (Å²) in [5.41, 5.74) is 0. The number of rotatable bonds is 22. The quantitative estimate of drug-likeness (QED) is 0.0369. The molecule has 26 heteroatoms. The first-order valence-electron chi connectivity index (χ1n) is 14.9. The molecule has 0 aromatic heterocycles. The number of carboxylic acid groups (broad SMARTS) is 2. The predicted molar refractivity (Wildman–Crippen MR) is 149 cm³/mol. The van der Waals surface area contributed by atoms with Crippen molar-refractivity contribution in [1.29, 1.82) is 0 Å². The van der Waals surface area contributed by atoms with E-state index in [1.54, 1.807) is 0 Å². The Morgan fingerprint density at radius 3 is 1.29 bits per heavy atom. The Morgan fingerprint density at radius 2 is 0.885 bits per heavy atom. The molecule has 0 radical (unpaired) electrons. The van der Waals surface area contributed by atoms with E-state index in [0.717, 1.165) is 0 Å². The van der Waals surface area contributed by atoms with Crippen LogP contribution in [0.2, 0.25) is 0 Å². The zero-order valence-electron chi connectivity index (χ0n) is 26.8. The third-order valence-corrected chi connectivity index (χ3v) is 6.07. The van der Waals surface area contributed by atoms with Gasteiger partial charge in [0.2, 0.25) is 0 Å². The van der Waals surface area contributed by atoms with E-state index in [2.05, 4.69) is 29.9 Å². The van der Waals surface area contributed by atoms with Crippen molar-refractivity contribution >= 4 is 36.3 Å². The highest BCUT2D eigenvalue weighted by Gasteiger charge is 2.44. The fourth-order valence-corrected chi connectivity index (χ4v) is 3.70. The van der Waals surface area contributed by atoms with Crippen LogP contribution in [-0.2, 0) is 28.8 Å². The lowest BCUT2D eigenvalue weighted by Gasteiger charge is -2.18. The number of halogens is 10. The number of ether oxygens (including phenoxy) is 2. The Kier molecular flexibility index (Phi) is 20.3. The number of alkyl carbamates (subject to hydrolysis) is 2. The van der Waals surface area contributed by atoms with Gasteiger partial charge in [-0.05, 0) is 38.5 Å². The highest BCUT2D eigenvalue weighted by atomic mass is 19.4. The van der Waals surface area contributed by atoms with Crippen molar-refractivity contribution in [3.05, 3.63) is 0 Å². The van der Waals surface area contributed by atoms with Crippen molar-refractivity contribution in [2.45, 2.75) is 100 Å². The minimum atomic E-state index is -5.16. The van der Waals surface area contributed by atoms with Gasteiger partial charge in [0.15, 0.2) is 0 Å².